The average molecular weight is 366 g/mol. The van der Waals surface area contributed by atoms with Crippen molar-refractivity contribution in [2.75, 3.05) is 6.61 Å². The Labute approximate surface area is 154 Å². The predicted octanol–water partition coefficient (Wildman–Crippen LogP) is 2.64. The summed E-state index contributed by atoms with van der Waals surface area (Å²) in [7, 11) is 0. The zero-order valence-corrected chi connectivity index (χ0v) is 15.6. The van der Waals surface area contributed by atoms with Crippen LogP contribution in [0.25, 0.3) is 0 Å². The van der Waals surface area contributed by atoms with E-state index in [2.05, 4.69) is 13.8 Å². The van der Waals surface area contributed by atoms with Crippen molar-refractivity contribution in [2.24, 2.45) is 29.6 Å². The van der Waals surface area contributed by atoms with Gasteiger partial charge in [0.1, 0.15) is 0 Å². The molecule has 6 nitrogen and oxygen atoms in total. The van der Waals surface area contributed by atoms with Crippen LogP contribution < -0.4 is 0 Å². The van der Waals surface area contributed by atoms with Crippen LogP contribution in [0, 0.1) is 29.6 Å². The topological polar surface area (TPSA) is 88.7 Å². The van der Waals surface area contributed by atoms with Crippen LogP contribution in [0.5, 0.6) is 0 Å². The van der Waals surface area contributed by atoms with Gasteiger partial charge >= 0.3 is 11.9 Å². The summed E-state index contributed by atoms with van der Waals surface area (Å²) in [5, 5.41) is 9.24. The van der Waals surface area contributed by atoms with Gasteiger partial charge in [-0.3, -0.25) is 9.59 Å². The smallest absolute Gasteiger partial charge is 0.309 e. The van der Waals surface area contributed by atoms with Crippen molar-refractivity contribution in [2.45, 2.75) is 76.8 Å². The first-order valence-corrected chi connectivity index (χ1v) is 10.1. The quantitative estimate of drug-likeness (QED) is 0.550. The van der Waals surface area contributed by atoms with Crippen LogP contribution in [0.3, 0.4) is 0 Å². The first-order chi connectivity index (χ1) is 12.4. The Morgan fingerprint density at radius 1 is 0.962 bits per heavy atom. The molecule has 4 fully saturated rings. The van der Waals surface area contributed by atoms with Gasteiger partial charge in [0.15, 0.2) is 0 Å². The first kappa shape index (κ1) is 18.2. The molecule has 0 aromatic heterocycles. The molecule has 2 saturated carbocycles. The highest BCUT2D eigenvalue weighted by Gasteiger charge is 2.48. The van der Waals surface area contributed by atoms with Crippen molar-refractivity contribution < 1.29 is 28.9 Å². The largest absolute Gasteiger partial charge is 0.481 e. The third kappa shape index (κ3) is 4.06. The lowest BCUT2D eigenvalue weighted by Crippen LogP contribution is -2.32. The number of epoxide rings is 2. The van der Waals surface area contributed by atoms with E-state index in [1.165, 1.54) is 0 Å². The molecule has 0 spiro atoms. The average Bonchev–Trinajstić information content (AvgIpc) is 3.47. The molecule has 0 radical (unpaired) electrons. The fourth-order valence-corrected chi connectivity index (χ4v) is 5.07. The second-order valence-corrected chi connectivity index (χ2v) is 9.00. The van der Waals surface area contributed by atoms with E-state index < -0.39 is 11.9 Å². The second-order valence-electron chi connectivity index (χ2n) is 9.00. The lowest BCUT2D eigenvalue weighted by molar-refractivity contribution is -0.155. The van der Waals surface area contributed by atoms with Crippen LogP contribution in [-0.2, 0) is 23.8 Å². The van der Waals surface area contributed by atoms with Crippen molar-refractivity contribution >= 4 is 11.9 Å². The van der Waals surface area contributed by atoms with Gasteiger partial charge < -0.3 is 19.3 Å². The zero-order valence-electron chi connectivity index (χ0n) is 15.6. The number of hydrogen-bond acceptors (Lipinski definition) is 5. The number of aliphatic carboxylic acids is 1. The predicted molar refractivity (Wildman–Crippen MR) is 92.4 cm³/mol. The van der Waals surface area contributed by atoms with E-state index in [0.29, 0.717) is 61.1 Å². The molecule has 2 saturated heterocycles. The summed E-state index contributed by atoms with van der Waals surface area (Å²) in [5.41, 5.74) is 0. The van der Waals surface area contributed by atoms with E-state index in [4.69, 9.17) is 14.2 Å². The molecule has 0 aromatic carbocycles. The van der Waals surface area contributed by atoms with Crippen molar-refractivity contribution in [1.82, 2.24) is 0 Å². The Balaban J connectivity index is 1.31. The highest BCUT2D eigenvalue weighted by molar-refractivity contribution is 5.79. The number of fused-ring (bicyclic) bond motifs is 2. The summed E-state index contributed by atoms with van der Waals surface area (Å²) in [6.45, 7) is 4.75. The van der Waals surface area contributed by atoms with Crippen molar-refractivity contribution in [3.63, 3.8) is 0 Å². The van der Waals surface area contributed by atoms with Crippen molar-refractivity contribution in [3.05, 3.63) is 0 Å². The third-order valence-electron chi connectivity index (χ3n) is 7.04. The molecule has 4 rings (SSSR count). The highest BCUT2D eigenvalue weighted by Crippen LogP contribution is 2.45. The van der Waals surface area contributed by atoms with E-state index in [0.717, 1.165) is 25.7 Å². The Morgan fingerprint density at radius 3 is 2.12 bits per heavy atom. The molecule has 2 aliphatic heterocycles. The molecule has 9 unspecified atom stereocenters. The number of carbonyl (C=O) groups excluding carboxylic acids is 1. The number of carboxylic acid groups (broad SMARTS) is 1. The van der Waals surface area contributed by atoms with Gasteiger partial charge in [-0.05, 0) is 55.8 Å². The molecule has 26 heavy (non-hydrogen) atoms. The summed E-state index contributed by atoms with van der Waals surface area (Å²) >= 11 is 0. The van der Waals surface area contributed by atoms with E-state index in [1.807, 2.05) is 0 Å². The van der Waals surface area contributed by atoms with Gasteiger partial charge in [0, 0.05) is 0 Å². The molecule has 2 heterocycles. The number of carbonyl (C=O) groups is 2. The third-order valence-corrected chi connectivity index (χ3v) is 7.04. The lowest BCUT2D eigenvalue weighted by atomic mass is 9.75. The summed E-state index contributed by atoms with van der Waals surface area (Å²) in [6.07, 6.45) is 5.87. The maximum Gasteiger partial charge on any atom is 0.309 e. The Bertz CT molecular complexity index is 563. The summed E-state index contributed by atoms with van der Waals surface area (Å²) in [5.74, 6) is -0.232. The molecular weight excluding hydrogens is 336 g/mol. The minimum Gasteiger partial charge on any atom is -0.481 e. The number of hydrogen-bond donors (Lipinski definition) is 1. The van der Waals surface area contributed by atoms with Crippen LogP contribution in [0.1, 0.15) is 52.4 Å². The molecule has 0 bridgehead atoms. The fraction of sp³-hybridized carbons (Fsp3) is 0.900. The lowest BCUT2D eigenvalue weighted by Gasteiger charge is -2.30. The van der Waals surface area contributed by atoms with Gasteiger partial charge in [0.25, 0.3) is 0 Å². The van der Waals surface area contributed by atoms with Crippen LogP contribution >= 0.6 is 0 Å². The van der Waals surface area contributed by atoms with Crippen LogP contribution in [0.4, 0.5) is 0 Å². The van der Waals surface area contributed by atoms with E-state index >= 15 is 0 Å². The van der Waals surface area contributed by atoms with Gasteiger partial charge in [-0.2, -0.15) is 0 Å². The molecule has 0 amide bonds. The maximum atomic E-state index is 12.6. The van der Waals surface area contributed by atoms with Crippen molar-refractivity contribution in [3.8, 4) is 0 Å². The van der Waals surface area contributed by atoms with Gasteiger partial charge in [0.2, 0.25) is 0 Å². The minimum absolute atomic E-state index is 0.148. The van der Waals surface area contributed by atoms with Gasteiger partial charge in [-0.1, -0.05) is 13.8 Å². The minimum atomic E-state index is -0.934. The molecule has 2 aliphatic carbocycles. The molecule has 4 aliphatic rings. The number of rotatable bonds is 7. The van der Waals surface area contributed by atoms with Crippen molar-refractivity contribution in [1.29, 1.82) is 0 Å². The van der Waals surface area contributed by atoms with Crippen LogP contribution in [0.15, 0.2) is 0 Å². The first-order valence-electron chi connectivity index (χ1n) is 10.1. The summed E-state index contributed by atoms with van der Waals surface area (Å²) in [4.78, 5) is 23.9. The monoisotopic (exact) mass is 366 g/mol. The Kier molecular flexibility index (Phi) is 4.99. The SMILES string of the molecule is CC1CC2OC2CC1COC(=O)C(CC(=O)O)CC1CC2OC2CC1C. The van der Waals surface area contributed by atoms with Gasteiger partial charge in [-0.25, -0.2) is 0 Å². The second kappa shape index (κ2) is 7.12. The highest BCUT2D eigenvalue weighted by atomic mass is 16.6. The summed E-state index contributed by atoms with van der Waals surface area (Å²) < 4.78 is 16.8. The van der Waals surface area contributed by atoms with E-state index in [1.54, 1.807) is 0 Å². The molecule has 9 atom stereocenters. The summed E-state index contributed by atoms with van der Waals surface area (Å²) in [6, 6.07) is 0. The zero-order chi connectivity index (χ0) is 18.4. The van der Waals surface area contributed by atoms with Gasteiger partial charge in [-0.15, -0.1) is 0 Å². The molecule has 1 N–H and O–H groups in total. The number of carboxylic acids is 1. The number of esters is 1. The molecular formula is C20H30O6. The Morgan fingerprint density at radius 2 is 1.50 bits per heavy atom. The standard InChI is InChI=1S/C20H30O6/c1-10-3-15-17(25-15)6-12(10)5-13(8-19(21)22)20(23)24-9-14-7-18-16(26-18)4-11(14)2/h10-18H,3-9H2,1-2H3,(H,21,22). The molecule has 6 heteroatoms. The molecule has 146 valence electrons. The van der Waals surface area contributed by atoms with E-state index in [-0.39, 0.29) is 12.4 Å². The fourth-order valence-electron chi connectivity index (χ4n) is 5.07. The van der Waals surface area contributed by atoms with Crippen LogP contribution in [-0.4, -0.2) is 48.1 Å². The van der Waals surface area contributed by atoms with E-state index in [9.17, 15) is 14.7 Å². The van der Waals surface area contributed by atoms with Crippen LogP contribution in [0.2, 0.25) is 0 Å². The Hall–Kier alpha value is -1.14. The molecule has 0 aromatic rings. The number of ether oxygens (including phenoxy) is 3. The van der Waals surface area contributed by atoms with Gasteiger partial charge in [0.05, 0.1) is 43.4 Å². The maximum absolute atomic E-state index is 12.6. The normalized spacial score (nSPS) is 44.4.